The van der Waals surface area contributed by atoms with Crippen LogP contribution in [0.1, 0.15) is 23.2 Å². The zero-order valence-corrected chi connectivity index (χ0v) is 12.2. The zero-order valence-electron chi connectivity index (χ0n) is 12.2. The molecule has 21 heavy (non-hydrogen) atoms. The van der Waals surface area contributed by atoms with Gasteiger partial charge in [0.1, 0.15) is 0 Å². The Hall–Kier alpha value is -2.15. The number of nitrogens with zero attached hydrogens (tertiary/aromatic N) is 2. The third-order valence-corrected chi connectivity index (χ3v) is 3.74. The number of likely N-dealkylation sites (tertiary alicyclic amines) is 1. The van der Waals surface area contributed by atoms with E-state index in [-0.39, 0.29) is 17.3 Å². The smallest absolute Gasteiger partial charge is 0.310 e. The van der Waals surface area contributed by atoms with Crippen molar-refractivity contribution in [3.8, 4) is 5.75 Å². The summed E-state index contributed by atoms with van der Waals surface area (Å²) < 4.78 is 5.00. The van der Waals surface area contributed by atoms with E-state index in [9.17, 15) is 14.9 Å². The Balaban J connectivity index is 2.21. The molecule has 7 nitrogen and oxygen atoms in total. The topological polar surface area (TPSA) is 84.7 Å². The monoisotopic (exact) mass is 293 g/mol. The number of ether oxygens (including phenoxy) is 1. The molecule has 1 heterocycles. The van der Waals surface area contributed by atoms with E-state index in [0.717, 1.165) is 12.8 Å². The lowest BCUT2D eigenvalue weighted by Crippen LogP contribution is -2.46. The summed E-state index contributed by atoms with van der Waals surface area (Å²) in [5.41, 5.74) is 0.273. The van der Waals surface area contributed by atoms with Gasteiger partial charge in [-0.25, -0.2) is 0 Å². The highest BCUT2D eigenvalue weighted by atomic mass is 16.6. The van der Waals surface area contributed by atoms with Gasteiger partial charge in [-0.1, -0.05) is 0 Å². The van der Waals surface area contributed by atoms with Crippen LogP contribution in [0.2, 0.25) is 0 Å². The van der Waals surface area contributed by atoms with E-state index in [4.69, 9.17) is 4.74 Å². The van der Waals surface area contributed by atoms with Crippen LogP contribution in [0.3, 0.4) is 0 Å². The molecule has 0 saturated carbocycles. The van der Waals surface area contributed by atoms with Crippen LogP contribution in [0, 0.1) is 10.1 Å². The van der Waals surface area contributed by atoms with Gasteiger partial charge in [-0.3, -0.25) is 14.9 Å². The van der Waals surface area contributed by atoms with E-state index >= 15 is 0 Å². The Labute approximate surface area is 123 Å². The molecule has 1 aliphatic rings. The van der Waals surface area contributed by atoms with Gasteiger partial charge in [0.15, 0.2) is 5.75 Å². The molecule has 0 aromatic heterocycles. The summed E-state index contributed by atoms with van der Waals surface area (Å²) in [6.07, 6.45) is 1.99. The van der Waals surface area contributed by atoms with Crippen LogP contribution in [0.4, 0.5) is 5.69 Å². The van der Waals surface area contributed by atoms with Crippen molar-refractivity contribution < 1.29 is 14.5 Å². The number of hydrogen-bond acceptors (Lipinski definition) is 5. The largest absolute Gasteiger partial charge is 0.490 e. The molecule has 1 atom stereocenters. The number of benzene rings is 1. The Morgan fingerprint density at radius 1 is 1.52 bits per heavy atom. The number of carbonyl (C=O) groups is 1. The summed E-state index contributed by atoms with van der Waals surface area (Å²) in [7, 11) is 3.24. The van der Waals surface area contributed by atoms with Crippen LogP contribution in [-0.2, 0) is 0 Å². The molecule has 0 spiro atoms. The van der Waals surface area contributed by atoms with Crippen LogP contribution in [0.5, 0.6) is 5.75 Å². The second kappa shape index (κ2) is 6.53. The molecule has 1 aromatic carbocycles. The predicted octanol–water partition coefficient (Wildman–Crippen LogP) is 1.43. The summed E-state index contributed by atoms with van der Waals surface area (Å²) in [5, 5.41) is 14.0. The molecular formula is C14H19N3O4. The van der Waals surface area contributed by atoms with Gasteiger partial charge in [-0.2, -0.15) is 0 Å². The normalized spacial score (nSPS) is 18.4. The molecule has 1 aromatic rings. The van der Waals surface area contributed by atoms with Crippen LogP contribution >= 0.6 is 0 Å². The molecular weight excluding hydrogens is 274 g/mol. The fraction of sp³-hybridized carbons (Fsp3) is 0.500. The second-order valence-corrected chi connectivity index (χ2v) is 5.02. The summed E-state index contributed by atoms with van der Waals surface area (Å²) in [4.78, 5) is 24.6. The number of nitro groups is 1. The summed E-state index contributed by atoms with van der Waals surface area (Å²) in [6.45, 7) is 1.35. The number of hydrogen-bond donors (Lipinski definition) is 1. The van der Waals surface area contributed by atoms with Gasteiger partial charge in [0.2, 0.25) is 0 Å². The summed E-state index contributed by atoms with van der Waals surface area (Å²) >= 11 is 0. The number of rotatable bonds is 4. The lowest BCUT2D eigenvalue weighted by molar-refractivity contribution is -0.385. The number of likely N-dealkylation sites (N-methyl/N-ethyl adjacent to an activating group) is 1. The lowest BCUT2D eigenvalue weighted by Gasteiger charge is -2.32. The third-order valence-electron chi connectivity index (χ3n) is 3.74. The standard InChI is InChI=1S/C14H19N3O4/c1-15-11-4-3-7-16(9-11)14(18)10-5-6-12(17(19)20)13(8-10)21-2/h5-6,8,11,15H,3-4,7,9H2,1-2H3. The molecule has 1 aliphatic heterocycles. The van der Waals surface area contributed by atoms with E-state index < -0.39 is 4.92 Å². The first-order valence-corrected chi connectivity index (χ1v) is 6.85. The molecule has 7 heteroatoms. The summed E-state index contributed by atoms with van der Waals surface area (Å²) in [5.74, 6) is -0.0174. The van der Waals surface area contributed by atoms with Crippen LogP contribution < -0.4 is 10.1 Å². The van der Waals surface area contributed by atoms with Crippen LogP contribution in [-0.4, -0.2) is 49.0 Å². The van der Waals surface area contributed by atoms with E-state index in [1.165, 1.54) is 25.3 Å². The van der Waals surface area contributed by atoms with Gasteiger partial charge < -0.3 is 15.0 Å². The highest BCUT2D eigenvalue weighted by Gasteiger charge is 2.25. The summed E-state index contributed by atoms with van der Waals surface area (Å²) in [6, 6.07) is 4.52. The first kappa shape index (κ1) is 15.2. The fourth-order valence-electron chi connectivity index (χ4n) is 2.54. The van der Waals surface area contributed by atoms with Gasteiger partial charge >= 0.3 is 5.69 Å². The first-order valence-electron chi connectivity index (χ1n) is 6.85. The number of nitro benzene ring substituents is 1. The quantitative estimate of drug-likeness (QED) is 0.670. The van der Waals surface area contributed by atoms with Crippen molar-refractivity contribution in [1.82, 2.24) is 10.2 Å². The van der Waals surface area contributed by atoms with Crippen molar-refractivity contribution in [3.63, 3.8) is 0 Å². The van der Waals surface area contributed by atoms with E-state index in [1.54, 1.807) is 4.90 Å². The van der Waals surface area contributed by atoms with Gasteiger partial charge in [0.05, 0.1) is 12.0 Å². The Morgan fingerprint density at radius 2 is 2.29 bits per heavy atom. The van der Waals surface area contributed by atoms with E-state index in [2.05, 4.69) is 5.32 Å². The average Bonchev–Trinajstić information content (AvgIpc) is 2.53. The molecule has 1 N–H and O–H groups in total. The van der Waals surface area contributed by atoms with Crippen molar-refractivity contribution >= 4 is 11.6 Å². The predicted molar refractivity (Wildman–Crippen MR) is 77.6 cm³/mol. The van der Waals surface area contributed by atoms with E-state index in [1.807, 2.05) is 7.05 Å². The Bertz CT molecular complexity index is 547. The minimum Gasteiger partial charge on any atom is -0.490 e. The third kappa shape index (κ3) is 3.30. The Morgan fingerprint density at radius 3 is 2.90 bits per heavy atom. The van der Waals surface area contributed by atoms with Gasteiger partial charge in [0, 0.05) is 36.8 Å². The zero-order chi connectivity index (χ0) is 15.4. The van der Waals surface area contributed by atoms with Crippen molar-refractivity contribution in [3.05, 3.63) is 33.9 Å². The van der Waals surface area contributed by atoms with Crippen LogP contribution in [0.15, 0.2) is 18.2 Å². The van der Waals surface area contributed by atoms with Crippen molar-refractivity contribution in [2.45, 2.75) is 18.9 Å². The average molecular weight is 293 g/mol. The van der Waals surface area contributed by atoms with Crippen molar-refractivity contribution in [2.75, 3.05) is 27.2 Å². The molecule has 2 rings (SSSR count). The SMILES string of the molecule is CNC1CCCN(C(=O)c2ccc([N+](=O)[O-])c(OC)c2)C1. The Kier molecular flexibility index (Phi) is 4.74. The molecule has 1 fully saturated rings. The number of nitrogens with one attached hydrogen (secondary N) is 1. The molecule has 1 amide bonds. The lowest BCUT2D eigenvalue weighted by atomic mass is 10.0. The van der Waals surface area contributed by atoms with Crippen molar-refractivity contribution in [2.24, 2.45) is 0 Å². The number of amides is 1. The number of methoxy groups -OCH3 is 1. The minimum atomic E-state index is -0.523. The van der Waals surface area contributed by atoms with E-state index in [0.29, 0.717) is 24.7 Å². The molecule has 1 unspecified atom stereocenters. The maximum absolute atomic E-state index is 12.5. The van der Waals surface area contributed by atoms with Crippen molar-refractivity contribution in [1.29, 1.82) is 0 Å². The molecule has 114 valence electrons. The highest BCUT2D eigenvalue weighted by molar-refractivity contribution is 5.95. The van der Waals surface area contributed by atoms with Gasteiger partial charge in [-0.15, -0.1) is 0 Å². The van der Waals surface area contributed by atoms with Gasteiger partial charge in [-0.05, 0) is 26.0 Å². The second-order valence-electron chi connectivity index (χ2n) is 5.02. The first-order chi connectivity index (χ1) is 10.1. The molecule has 0 aliphatic carbocycles. The maximum atomic E-state index is 12.5. The van der Waals surface area contributed by atoms with Crippen LogP contribution in [0.25, 0.3) is 0 Å². The molecule has 0 radical (unpaired) electrons. The molecule has 0 bridgehead atoms. The minimum absolute atomic E-state index is 0.105. The number of carbonyl (C=O) groups excluding carboxylic acids is 1. The highest BCUT2D eigenvalue weighted by Crippen LogP contribution is 2.28. The van der Waals surface area contributed by atoms with Gasteiger partial charge in [0.25, 0.3) is 5.91 Å². The molecule has 1 saturated heterocycles. The maximum Gasteiger partial charge on any atom is 0.310 e. The fourth-order valence-corrected chi connectivity index (χ4v) is 2.54. The number of piperidine rings is 1.